The molecule has 0 fully saturated rings. The largest absolute Gasteiger partial charge is 0.469 e. The Bertz CT molecular complexity index is 454. The smallest absolute Gasteiger partial charge is 0.318 e. The zero-order chi connectivity index (χ0) is 14.7. The highest BCUT2D eigenvalue weighted by molar-refractivity contribution is 5.75. The SMILES string of the molecule is CC(O)CN(C(=O)NC1CCCc2occc21)C(C)C. The van der Waals surface area contributed by atoms with E-state index in [1.54, 1.807) is 18.1 Å². The van der Waals surface area contributed by atoms with Gasteiger partial charge in [0.15, 0.2) is 0 Å². The first-order valence-corrected chi connectivity index (χ1v) is 7.30. The lowest BCUT2D eigenvalue weighted by atomic mass is 9.93. The number of nitrogens with zero attached hydrogens (tertiary/aromatic N) is 1. The number of urea groups is 1. The Morgan fingerprint density at radius 3 is 2.95 bits per heavy atom. The van der Waals surface area contributed by atoms with Crippen LogP contribution >= 0.6 is 0 Å². The normalized spacial score (nSPS) is 19.6. The molecule has 0 radical (unpaired) electrons. The van der Waals surface area contributed by atoms with Crippen molar-refractivity contribution in [2.75, 3.05) is 6.54 Å². The zero-order valence-corrected chi connectivity index (χ0v) is 12.4. The number of furan rings is 1. The molecule has 5 heteroatoms. The van der Waals surface area contributed by atoms with E-state index in [4.69, 9.17) is 4.42 Å². The van der Waals surface area contributed by atoms with Crippen molar-refractivity contribution in [3.8, 4) is 0 Å². The average Bonchev–Trinajstić information content (AvgIpc) is 2.84. The van der Waals surface area contributed by atoms with Gasteiger partial charge in [0.2, 0.25) is 0 Å². The second kappa shape index (κ2) is 6.31. The molecule has 2 N–H and O–H groups in total. The molecule has 1 aromatic heterocycles. The van der Waals surface area contributed by atoms with Gasteiger partial charge >= 0.3 is 6.03 Å². The van der Waals surface area contributed by atoms with Gasteiger partial charge in [-0.25, -0.2) is 4.79 Å². The van der Waals surface area contributed by atoms with Gasteiger partial charge in [0, 0.05) is 24.6 Å². The van der Waals surface area contributed by atoms with Crippen LogP contribution in [0.4, 0.5) is 4.79 Å². The van der Waals surface area contributed by atoms with Crippen LogP contribution in [0.3, 0.4) is 0 Å². The molecule has 1 aliphatic carbocycles. The molecule has 2 rings (SSSR count). The van der Waals surface area contributed by atoms with Crippen molar-refractivity contribution < 1.29 is 14.3 Å². The number of aliphatic hydroxyl groups excluding tert-OH is 1. The quantitative estimate of drug-likeness (QED) is 0.890. The predicted octanol–water partition coefficient (Wildman–Crippen LogP) is 2.46. The summed E-state index contributed by atoms with van der Waals surface area (Å²) < 4.78 is 5.44. The summed E-state index contributed by atoms with van der Waals surface area (Å²) in [5.41, 5.74) is 1.09. The summed E-state index contributed by atoms with van der Waals surface area (Å²) in [6, 6.07) is 1.88. The number of aryl methyl sites for hydroxylation is 1. The van der Waals surface area contributed by atoms with Gasteiger partial charge in [-0.3, -0.25) is 0 Å². The fourth-order valence-electron chi connectivity index (χ4n) is 2.68. The van der Waals surface area contributed by atoms with E-state index >= 15 is 0 Å². The predicted molar refractivity (Wildman–Crippen MR) is 76.4 cm³/mol. The highest BCUT2D eigenvalue weighted by atomic mass is 16.3. The van der Waals surface area contributed by atoms with E-state index in [0.29, 0.717) is 6.54 Å². The second-order valence-corrected chi connectivity index (χ2v) is 5.79. The lowest BCUT2D eigenvalue weighted by molar-refractivity contribution is 0.117. The van der Waals surface area contributed by atoms with Crippen LogP contribution in [0.25, 0.3) is 0 Å². The van der Waals surface area contributed by atoms with Crippen molar-refractivity contribution in [2.24, 2.45) is 0 Å². The summed E-state index contributed by atoms with van der Waals surface area (Å²) >= 11 is 0. The first-order valence-electron chi connectivity index (χ1n) is 7.30. The minimum absolute atomic E-state index is 0.0141. The fourth-order valence-corrected chi connectivity index (χ4v) is 2.68. The first kappa shape index (κ1) is 14.9. The molecule has 0 saturated heterocycles. The molecule has 20 heavy (non-hydrogen) atoms. The monoisotopic (exact) mass is 280 g/mol. The van der Waals surface area contributed by atoms with Crippen LogP contribution in [0.1, 0.15) is 51.0 Å². The van der Waals surface area contributed by atoms with Gasteiger partial charge in [0.05, 0.1) is 18.4 Å². The number of hydrogen-bond donors (Lipinski definition) is 2. The third-order valence-corrected chi connectivity index (χ3v) is 3.69. The van der Waals surface area contributed by atoms with E-state index in [1.807, 2.05) is 19.9 Å². The Morgan fingerprint density at radius 1 is 1.55 bits per heavy atom. The molecule has 1 aromatic rings. The van der Waals surface area contributed by atoms with Crippen LogP contribution in [0.15, 0.2) is 16.7 Å². The number of nitrogens with one attached hydrogen (secondary N) is 1. The Hall–Kier alpha value is -1.49. The lowest BCUT2D eigenvalue weighted by Gasteiger charge is -2.31. The summed E-state index contributed by atoms with van der Waals surface area (Å²) in [5.74, 6) is 0.980. The van der Waals surface area contributed by atoms with Crippen LogP contribution in [0, 0.1) is 0 Å². The van der Waals surface area contributed by atoms with Crippen LogP contribution in [-0.2, 0) is 6.42 Å². The topological polar surface area (TPSA) is 65.7 Å². The number of aliphatic hydroxyl groups is 1. The molecular formula is C15H24N2O3. The van der Waals surface area contributed by atoms with E-state index in [1.165, 1.54) is 0 Å². The van der Waals surface area contributed by atoms with E-state index in [9.17, 15) is 9.90 Å². The zero-order valence-electron chi connectivity index (χ0n) is 12.4. The van der Waals surface area contributed by atoms with E-state index in [-0.39, 0.29) is 18.1 Å². The van der Waals surface area contributed by atoms with Gasteiger partial charge in [-0.15, -0.1) is 0 Å². The Balaban J connectivity index is 2.04. The summed E-state index contributed by atoms with van der Waals surface area (Å²) in [4.78, 5) is 14.1. The van der Waals surface area contributed by atoms with Crippen LogP contribution in [-0.4, -0.2) is 34.7 Å². The van der Waals surface area contributed by atoms with Crippen molar-refractivity contribution in [1.82, 2.24) is 10.2 Å². The van der Waals surface area contributed by atoms with Gasteiger partial charge in [0.1, 0.15) is 5.76 Å². The number of fused-ring (bicyclic) bond motifs is 1. The molecule has 2 unspecified atom stereocenters. The molecule has 1 aliphatic rings. The number of hydrogen-bond acceptors (Lipinski definition) is 3. The van der Waals surface area contributed by atoms with Gasteiger partial charge < -0.3 is 19.7 Å². The van der Waals surface area contributed by atoms with Crippen molar-refractivity contribution in [1.29, 1.82) is 0 Å². The number of carbonyl (C=O) groups excluding carboxylic acids is 1. The van der Waals surface area contributed by atoms with Crippen LogP contribution in [0.5, 0.6) is 0 Å². The number of carbonyl (C=O) groups is 1. The summed E-state index contributed by atoms with van der Waals surface area (Å²) in [6.45, 7) is 5.93. The molecule has 1 heterocycles. The molecule has 0 aliphatic heterocycles. The standard InChI is InChI=1S/C15H24N2O3/c1-10(2)17(9-11(3)18)15(19)16-13-5-4-6-14-12(13)7-8-20-14/h7-8,10-11,13,18H,4-6,9H2,1-3H3,(H,16,19). The molecule has 112 valence electrons. The average molecular weight is 280 g/mol. The molecular weight excluding hydrogens is 256 g/mol. The van der Waals surface area contributed by atoms with Crippen molar-refractivity contribution >= 4 is 6.03 Å². The van der Waals surface area contributed by atoms with Crippen molar-refractivity contribution in [3.05, 3.63) is 23.7 Å². The maximum absolute atomic E-state index is 12.4. The van der Waals surface area contributed by atoms with Gasteiger partial charge in [-0.2, -0.15) is 0 Å². The Kier molecular flexibility index (Phi) is 4.70. The Morgan fingerprint density at radius 2 is 2.30 bits per heavy atom. The highest BCUT2D eigenvalue weighted by Gasteiger charge is 2.27. The van der Waals surface area contributed by atoms with E-state index < -0.39 is 6.10 Å². The summed E-state index contributed by atoms with van der Waals surface area (Å²) in [5, 5.41) is 12.6. The maximum atomic E-state index is 12.4. The maximum Gasteiger partial charge on any atom is 0.318 e. The summed E-state index contributed by atoms with van der Waals surface area (Å²) in [6.07, 6.45) is 4.04. The highest BCUT2D eigenvalue weighted by Crippen LogP contribution is 2.30. The minimum atomic E-state index is -0.529. The Labute approximate surface area is 119 Å². The minimum Gasteiger partial charge on any atom is -0.469 e. The molecule has 2 atom stereocenters. The summed E-state index contributed by atoms with van der Waals surface area (Å²) in [7, 11) is 0. The van der Waals surface area contributed by atoms with Gasteiger partial charge in [-0.1, -0.05) is 0 Å². The van der Waals surface area contributed by atoms with E-state index in [2.05, 4.69) is 5.32 Å². The molecule has 0 aromatic carbocycles. The van der Waals surface area contributed by atoms with Gasteiger partial charge in [-0.05, 0) is 39.7 Å². The van der Waals surface area contributed by atoms with Crippen molar-refractivity contribution in [3.63, 3.8) is 0 Å². The fraction of sp³-hybridized carbons (Fsp3) is 0.667. The lowest BCUT2D eigenvalue weighted by Crippen LogP contribution is -2.48. The molecule has 5 nitrogen and oxygen atoms in total. The van der Waals surface area contributed by atoms with Gasteiger partial charge in [0.25, 0.3) is 0 Å². The molecule has 2 amide bonds. The van der Waals surface area contributed by atoms with Crippen molar-refractivity contribution in [2.45, 2.75) is 58.2 Å². The molecule has 0 bridgehead atoms. The molecule has 0 spiro atoms. The van der Waals surface area contributed by atoms with E-state index in [0.717, 1.165) is 30.6 Å². The first-order chi connectivity index (χ1) is 9.49. The third kappa shape index (κ3) is 3.33. The second-order valence-electron chi connectivity index (χ2n) is 5.79. The molecule has 0 saturated carbocycles. The number of rotatable bonds is 4. The van der Waals surface area contributed by atoms with Crippen LogP contribution < -0.4 is 5.32 Å². The van der Waals surface area contributed by atoms with Crippen LogP contribution in [0.2, 0.25) is 0 Å². The third-order valence-electron chi connectivity index (χ3n) is 3.69. The number of amides is 2.